The Hall–Kier alpha value is -4.26. The summed E-state index contributed by atoms with van der Waals surface area (Å²) in [5.74, 6) is -0.0324. The number of rotatable bonds is 3. The molecule has 6 rings (SSSR count). The maximum absolute atomic E-state index is 13.2. The molecule has 0 radical (unpaired) electrons. The molecule has 33 heavy (non-hydrogen) atoms. The maximum Gasteiger partial charge on any atom is 0.261 e. The summed E-state index contributed by atoms with van der Waals surface area (Å²) in [7, 11) is 0. The first-order chi connectivity index (χ1) is 16.1. The number of benzene rings is 3. The second-order valence-electron chi connectivity index (χ2n) is 8.14. The number of amides is 1. The number of fused-ring (bicyclic) bond motifs is 6. The molecule has 1 aliphatic rings. The molecule has 1 amide bonds. The number of hydrogen-bond donors (Lipinski definition) is 1. The molecule has 0 saturated carbocycles. The molecule has 1 N–H and O–H groups in total. The summed E-state index contributed by atoms with van der Waals surface area (Å²) >= 11 is 0. The molecule has 0 atom stereocenters. The Morgan fingerprint density at radius 1 is 0.970 bits per heavy atom. The van der Waals surface area contributed by atoms with E-state index in [1.807, 2.05) is 47.0 Å². The van der Waals surface area contributed by atoms with Gasteiger partial charge in [0.2, 0.25) is 5.91 Å². The highest BCUT2D eigenvalue weighted by Gasteiger charge is 2.27. The highest BCUT2D eigenvalue weighted by Crippen LogP contribution is 2.36. The first-order valence-electron chi connectivity index (χ1n) is 10.8. The van der Waals surface area contributed by atoms with Gasteiger partial charge in [0.1, 0.15) is 12.4 Å². The molecule has 6 nitrogen and oxygen atoms in total. The summed E-state index contributed by atoms with van der Waals surface area (Å²) in [6, 6.07) is 20.9. The van der Waals surface area contributed by atoms with Gasteiger partial charge < -0.3 is 9.88 Å². The third-order valence-corrected chi connectivity index (χ3v) is 6.16. The van der Waals surface area contributed by atoms with Gasteiger partial charge in [-0.3, -0.25) is 14.2 Å². The van der Waals surface area contributed by atoms with E-state index in [0.29, 0.717) is 35.4 Å². The number of aromatic nitrogens is 3. The van der Waals surface area contributed by atoms with Crippen molar-refractivity contribution in [2.24, 2.45) is 0 Å². The number of nitrogens with one attached hydrogen (secondary N) is 1. The smallest absolute Gasteiger partial charge is 0.261 e. The van der Waals surface area contributed by atoms with Crippen molar-refractivity contribution in [1.29, 1.82) is 0 Å². The quantitative estimate of drug-likeness (QED) is 0.455. The first kappa shape index (κ1) is 19.4. The third kappa shape index (κ3) is 3.12. The fourth-order valence-corrected chi connectivity index (χ4v) is 4.71. The first-order valence-corrected chi connectivity index (χ1v) is 10.8. The van der Waals surface area contributed by atoms with Crippen LogP contribution < -0.4 is 10.9 Å². The minimum atomic E-state index is -0.362. The van der Waals surface area contributed by atoms with Crippen LogP contribution in [0, 0.1) is 5.82 Å². The van der Waals surface area contributed by atoms with Crippen LogP contribution in [0.5, 0.6) is 0 Å². The molecule has 3 aromatic carbocycles. The predicted molar refractivity (Wildman–Crippen MR) is 126 cm³/mol. The zero-order chi connectivity index (χ0) is 22.5. The van der Waals surface area contributed by atoms with Gasteiger partial charge >= 0.3 is 0 Å². The minimum absolute atomic E-state index is 0.0376. The van der Waals surface area contributed by atoms with E-state index in [1.54, 1.807) is 10.6 Å². The molecular weight excluding hydrogens is 419 g/mol. The number of para-hydroxylation sites is 2. The van der Waals surface area contributed by atoms with Crippen molar-refractivity contribution in [3.05, 3.63) is 94.5 Å². The molecule has 7 heteroatoms. The van der Waals surface area contributed by atoms with E-state index in [9.17, 15) is 14.0 Å². The Labute approximate surface area is 187 Å². The summed E-state index contributed by atoms with van der Waals surface area (Å²) in [6.45, 7) is 0.574. The van der Waals surface area contributed by atoms with Crippen LogP contribution in [0.25, 0.3) is 33.3 Å². The molecule has 0 unspecified atom stereocenters. The van der Waals surface area contributed by atoms with Gasteiger partial charge in [-0.1, -0.05) is 30.3 Å². The molecule has 3 heterocycles. The Morgan fingerprint density at radius 3 is 2.52 bits per heavy atom. The Morgan fingerprint density at radius 2 is 1.70 bits per heavy atom. The second-order valence-corrected chi connectivity index (χ2v) is 8.14. The van der Waals surface area contributed by atoms with E-state index in [-0.39, 0.29) is 23.8 Å². The van der Waals surface area contributed by atoms with Crippen molar-refractivity contribution < 1.29 is 9.18 Å². The molecular formula is C26H19FN4O2. The normalized spacial score (nSPS) is 12.5. The van der Waals surface area contributed by atoms with Crippen LogP contribution >= 0.6 is 0 Å². The molecule has 2 aromatic heterocycles. The van der Waals surface area contributed by atoms with Gasteiger partial charge in [0.15, 0.2) is 5.82 Å². The van der Waals surface area contributed by atoms with Gasteiger partial charge in [-0.2, -0.15) is 0 Å². The number of carbonyl (C=O) groups excluding carboxylic acids is 1. The fraction of sp³-hybridized carbons (Fsp3) is 0.115. The molecule has 1 aliphatic heterocycles. The fourth-order valence-electron chi connectivity index (χ4n) is 4.71. The molecule has 0 aliphatic carbocycles. The lowest BCUT2D eigenvalue weighted by molar-refractivity contribution is -0.116. The minimum Gasteiger partial charge on any atom is -0.328 e. The maximum atomic E-state index is 13.2. The predicted octanol–water partition coefficient (Wildman–Crippen LogP) is 4.35. The number of nitrogens with zero attached hydrogens (tertiary/aromatic N) is 3. The number of anilines is 1. The van der Waals surface area contributed by atoms with Crippen molar-refractivity contribution in [3.8, 4) is 11.5 Å². The van der Waals surface area contributed by atoms with E-state index in [0.717, 1.165) is 22.2 Å². The van der Waals surface area contributed by atoms with E-state index >= 15 is 0 Å². The van der Waals surface area contributed by atoms with E-state index in [1.165, 1.54) is 24.3 Å². The molecule has 0 saturated heterocycles. The highest BCUT2D eigenvalue weighted by atomic mass is 19.1. The highest BCUT2D eigenvalue weighted by molar-refractivity contribution is 5.96. The van der Waals surface area contributed by atoms with E-state index in [2.05, 4.69) is 5.32 Å². The van der Waals surface area contributed by atoms with Crippen LogP contribution in [0.4, 0.5) is 10.1 Å². The van der Waals surface area contributed by atoms with Crippen molar-refractivity contribution in [2.45, 2.75) is 19.5 Å². The van der Waals surface area contributed by atoms with Crippen LogP contribution in [0.3, 0.4) is 0 Å². The molecule has 0 fully saturated rings. The summed E-state index contributed by atoms with van der Waals surface area (Å²) in [5, 5.41) is 4.46. The lowest BCUT2D eigenvalue weighted by Gasteiger charge is -2.21. The van der Waals surface area contributed by atoms with Crippen LogP contribution in [-0.4, -0.2) is 20.0 Å². The van der Waals surface area contributed by atoms with Gasteiger partial charge in [-0.25, -0.2) is 9.37 Å². The lowest BCUT2D eigenvalue weighted by Crippen LogP contribution is -2.29. The van der Waals surface area contributed by atoms with Gasteiger partial charge in [-0.15, -0.1) is 0 Å². The van der Waals surface area contributed by atoms with Crippen molar-refractivity contribution in [2.75, 3.05) is 5.32 Å². The number of carbonyl (C=O) groups is 1. The van der Waals surface area contributed by atoms with Crippen LogP contribution in [0.2, 0.25) is 0 Å². The number of halogens is 1. The average molecular weight is 438 g/mol. The lowest BCUT2D eigenvalue weighted by atomic mass is 10.0. The molecule has 5 aromatic rings. The Balaban J connectivity index is 1.52. The molecule has 162 valence electrons. The van der Waals surface area contributed by atoms with Gasteiger partial charge in [0.25, 0.3) is 5.56 Å². The van der Waals surface area contributed by atoms with Crippen LogP contribution in [-0.2, 0) is 24.3 Å². The van der Waals surface area contributed by atoms with Gasteiger partial charge in [-0.05, 0) is 54.4 Å². The number of aryl methyl sites for hydroxylation is 1. The summed E-state index contributed by atoms with van der Waals surface area (Å²) in [4.78, 5) is 31.0. The summed E-state index contributed by atoms with van der Waals surface area (Å²) < 4.78 is 16.9. The SMILES string of the molecule is O=C(Cn1c2c(c3ccccc31)CCn1c-2nc2ccccc2c1=O)Nc1ccc(F)cc1. The summed E-state index contributed by atoms with van der Waals surface area (Å²) in [5.41, 5.74) is 3.87. The standard InChI is InChI=1S/C26H19FN4O2/c27-16-9-11-17(12-10-16)28-23(32)15-31-22-8-4-2-5-18(22)19-13-14-30-25(24(19)31)29-21-7-3-1-6-20(21)26(30)33/h1-12H,13-15H2,(H,28,32). The third-order valence-electron chi connectivity index (χ3n) is 6.16. The Bertz CT molecular complexity index is 1620. The van der Waals surface area contributed by atoms with Gasteiger partial charge in [0.05, 0.1) is 16.6 Å². The Kier molecular flexibility index (Phi) is 4.36. The summed E-state index contributed by atoms with van der Waals surface area (Å²) in [6.07, 6.45) is 0.676. The van der Waals surface area contributed by atoms with Crippen LogP contribution in [0.1, 0.15) is 5.56 Å². The van der Waals surface area contributed by atoms with E-state index in [4.69, 9.17) is 4.98 Å². The van der Waals surface area contributed by atoms with Gasteiger partial charge in [0, 0.05) is 23.1 Å². The van der Waals surface area contributed by atoms with Crippen molar-refractivity contribution in [3.63, 3.8) is 0 Å². The second kappa shape index (κ2) is 7.41. The van der Waals surface area contributed by atoms with Crippen molar-refractivity contribution >= 4 is 33.4 Å². The topological polar surface area (TPSA) is 68.9 Å². The average Bonchev–Trinajstić information content (AvgIpc) is 3.15. The largest absolute Gasteiger partial charge is 0.328 e. The van der Waals surface area contributed by atoms with E-state index < -0.39 is 0 Å². The molecule has 0 spiro atoms. The van der Waals surface area contributed by atoms with Crippen molar-refractivity contribution in [1.82, 2.24) is 14.1 Å². The van der Waals surface area contributed by atoms with Crippen LogP contribution in [0.15, 0.2) is 77.6 Å². The monoisotopic (exact) mass is 438 g/mol. The zero-order valence-electron chi connectivity index (χ0n) is 17.6. The zero-order valence-corrected chi connectivity index (χ0v) is 17.6. The number of hydrogen-bond acceptors (Lipinski definition) is 3. The molecule has 0 bridgehead atoms.